The highest BCUT2D eigenvalue weighted by atomic mass is 19.4. The van der Waals surface area contributed by atoms with E-state index in [1.165, 1.54) is 60.7 Å². The molecule has 1 atom stereocenters. The first-order valence-electron chi connectivity index (χ1n) is 13.4. The summed E-state index contributed by atoms with van der Waals surface area (Å²) in [6.07, 6.45) is -3.89. The van der Waals surface area contributed by atoms with Crippen LogP contribution in [-0.2, 0) is 19.0 Å². The Morgan fingerprint density at radius 1 is 0.864 bits per heavy atom. The molecule has 3 aromatic rings. The monoisotopic (exact) mass is 616 g/mol. The van der Waals surface area contributed by atoms with E-state index < -0.39 is 36.8 Å². The summed E-state index contributed by atoms with van der Waals surface area (Å²) in [6.45, 7) is 1.40. The van der Waals surface area contributed by atoms with Crippen LogP contribution in [-0.4, -0.2) is 50.2 Å². The normalized spacial score (nSPS) is 12.0. The van der Waals surface area contributed by atoms with Crippen molar-refractivity contribution in [3.63, 3.8) is 0 Å². The molecule has 0 amide bonds. The SMILES string of the molecule is CCOC(COC(=O)c1cc(N)cc(N)c1)OC(=O)/C=C/c1ccc(OC(=O)c2ccc(OCCCC(F)(F)F)cc2)cc1. The molecule has 0 aromatic heterocycles. The lowest BCUT2D eigenvalue weighted by molar-refractivity contribution is -0.180. The van der Waals surface area contributed by atoms with E-state index in [0.717, 1.165) is 6.08 Å². The summed E-state index contributed by atoms with van der Waals surface area (Å²) in [6, 6.07) is 16.3. The minimum atomic E-state index is -4.24. The number of hydrogen-bond acceptors (Lipinski definition) is 10. The van der Waals surface area contributed by atoms with Crippen LogP contribution in [0.2, 0.25) is 0 Å². The van der Waals surface area contributed by atoms with Crippen molar-refractivity contribution in [2.24, 2.45) is 0 Å². The minimum absolute atomic E-state index is 0.106. The number of esters is 3. The van der Waals surface area contributed by atoms with E-state index in [2.05, 4.69) is 0 Å². The number of halogens is 3. The molecule has 3 rings (SSSR count). The van der Waals surface area contributed by atoms with Crippen molar-refractivity contribution in [1.82, 2.24) is 0 Å². The Balaban J connectivity index is 1.46. The maximum absolute atomic E-state index is 12.4. The maximum atomic E-state index is 12.4. The van der Waals surface area contributed by atoms with Gasteiger partial charge < -0.3 is 35.2 Å². The standard InChI is InChI=1S/C31H31F3N2O8/c1-2-40-28(19-42-29(38)22-16-23(35)18-24(36)17-22)44-27(37)13-6-20-4-9-26(10-5-20)43-30(39)21-7-11-25(12-8-21)41-15-3-14-31(32,33)34/h4-13,16-18,28H,2-3,14-15,19,35-36H2,1H3/b13-6+. The number of ether oxygens (including phenoxy) is 5. The van der Waals surface area contributed by atoms with Crippen LogP contribution in [0.25, 0.3) is 6.08 Å². The van der Waals surface area contributed by atoms with Crippen molar-refractivity contribution in [2.75, 3.05) is 31.3 Å². The van der Waals surface area contributed by atoms with E-state index in [1.807, 2.05) is 0 Å². The molecule has 4 N–H and O–H groups in total. The summed E-state index contributed by atoms with van der Waals surface area (Å²) < 4.78 is 63.0. The lowest BCUT2D eigenvalue weighted by atomic mass is 10.2. The Morgan fingerprint density at radius 2 is 1.50 bits per heavy atom. The topological polar surface area (TPSA) is 149 Å². The van der Waals surface area contributed by atoms with Crippen molar-refractivity contribution < 1.29 is 51.2 Å². The van der Waals surface area contributed by atoms with E-state index in [-0.39, 0.29) is 43.1 Å². The highest BCUT2D eigenvalue weighted by molar-refractivity contribution is 5.92. The molecule has 0 saturated heterocycles. The fourth-order valence-electron chi connectivity index (χ4n) is 3.62. The summed E-state index contributed by atoms with van der Waals surface area (Å²) in [5.41, 5.74) is 12.9. The molecular formula is C31H31F3N2O8. The Hall–Kier alpha value is -5.04. The number of nitrogens with two attached hydrogens (primary N) is 2. The van der Waals surface area contributed by atoms with Gasteiger partial charge in [0.1, 0.15) is 11.5 Å². The van der Waals surface area contributed by atoms with Gasteiger partial charge in [0.15, 0.2) is 6.61 Å². The molecule has 0 bridgehead atoms. The molecular weight excluding hydrogens is 585 g/mol. The maximum Gasteiger partial charge on any atom is 0.389 e. The second kappa shape index (κ2) is 16.0. The fourth-order valence-corrected chi connectivity index (χ4v) is 3.62. The van der Waals surface area contributed by atoms with Gasteiger partial charge >= 0.3 is 24.1 Å². The van der Waals surface area contributed by atoms with Crippen LogP contribution < -0.4 is 20.9 Å². The van der Waals surface area contributed by atoms with Gasteiger partial charge in [0.05, 0.1) is 17.7 Å². The quantitative estimate of drug-likeness (QED) is 0.0588. The predicted octanol–water partition coefficient (Wildman–Crippen LogP) is 5.57. The van der Waals surface area contributed by atoms with Crippen molar-refractivity contribution in [3.8, 4) is 11.5 Å². The smallest absolute Gasteiger partial charge is 0.389 e. The van der Waals surface area contributed by atoms with Gasteiger partial charge in [-0.2, -0.15) is 13.2 Å². The van der Waals surface area contributed by atoms with Crippen LogP contribution in [0.4, 0.5) is 24.5 Å². The molecule has 0 fully saturated rings. The van der Waals surface area contributed by atoms with Gasteiger partial charge in [-0.25, -0.2) is 14.4 Å². The molecule has 0 heterocycles. The lowest BCUT2D eigenvalue weighted by Gasteiger charge is -2.17. The van der Waals surface area contributed by atoms with Gasteiger partial charge in [-0.3, -0.25) is 0 Å². The van der Waals surface area contributed by atoms with Crippen LogP contribution in [0.3, 0.4) is 0 Å². The Labute approximate surface area is 251 Å². The summed E-state index contributed by atoms with van der Waals surface area (Å²) in [4.78, 5) is 37.1. The van der Waals surface area contributed by atoms with Crippen LogP contribution >= 0.6 is 0 Å². The average molecular weight is 617 g/mol. The Morgan fingerprint density at radius 3 is 2.11 bits per heavy atom. The van der Waals surface area contributed by atoms with E-state index >= 15 is 0 Å². The minimum Gasteiger partial charge on any atom is -0.494 e. The number of nitrogen functional groups attached to an aromatic ring is 2. The Bertz CT molecular complexity index is 1420. The molecule has 44 heavy (non-hydrogen) atoms. The molecule has 234 valence electrons. The molecule has 1 unspecified atom stereocenters. The molecule has 3 aromatic carbocycles. The van der Waals surface area contributed by atoms with Crippen molar-refractivity contribution in [2.45, 2.75) is 32.2 Å². The number of rotatable bonds is 14. The number of hydrogen-bond donors (Lipinski definition) is 2. The third-order valence-corrected chi connectivity index (χ3v) is 5.63. The molecule has 0 spiro atoms. The highest BCUT2D eigenvalue weighted by Gasteiger charge is 2.26. The molecule has 0 aliphatic carbocycles. The highest BCUT2D eigenvalue weighted by Crippen LogP contribution is 2.22. The van der Waals surface area contributed by atoms with Gasteiger partial charge in [0, 0.05) is 30.5 Å². The number of carbonyl (C=O) groups is 3. The van der Waals surface area contributed by atoms with Crippen molar-refractivity contribution in [1.29, 1.82) is 0 Å². The van der Waals surface area contributed by atoms with E-state index in [4.69, 9.17) is 35.2 Å². The number of benzene rings is 3. The number of carbonyl (C=O) groups excluding carboxylic acids is 3. The lowest BCUT2D eigenvalue weighted by Crippen LogP contribution is -2.27. The summed E-state index contributed by atoms with van der Waals surface area (Å²) in [7, 11) is 0. The van der Waals surface area contributed by atoms with E-state index in [0.29, 0.717) is 22.7 Å². The van der Waals surface area contributed by atoms with Gasteiger partial charge in [0.25, 0.3) is 0 Å². The van der Waals surface area contributed by atoms with Crippen LogP contribution in [0.1, 0.15) is 46.0 Å². The number of alkyl halides is 3. The number of anilines is 2. The molecule has 0 saturated carbocycles. The van der Waals surface area contributed by atoms with Crippen LogP contribution in [0.5, 0.6) is 11.5 Å². The van der Waals surface area contributed by atoms with E-state index in [1.54, 1.807) is 19.1 Å². The predicted molar refractivity (Wildman–Crippen MR) is 155 cm³/mol. The zero-order valence-corrected chi connectivity index (χ0v) is 23.7. The van der Waals surface area contributed by atoms with Gasteiger partial charge in [-0.05, 0) is 79.6 Å². The van der Waals surface area contributed by atoms with Crippen molar-refractivity contribution >= 4 is 35.4 Å². The molecule has 0 radical (unpaired) electrons. The molecule has 13 heteroatoms. The first-order chi connectivity index (χ1) is 20.9. The largest absolute Gasteiger partial charge is 0.494 e. The third-order valence-electron chi connectivity index (χ3n) is 5.63. The zero-order valence-electron chi connectivity index (χ0n) is 23.7. The van der Waals surface area contributed by atoms with Crippen LogP contribution in [0, 0.1) is 0 Å². The second-order valence-electron chi connectivity index (χ2n) is 9.19. The first-order valence-corrected chi connectivity index (χ1v) is 13.4. The van der Waals surface area contributed by atoms with Crippen LogP contribution in [0.15, 0.2) is 72.8 Å². The van der Waals surface area contributed by atoms with Gasteiger partial charge in [-0.1, -0.05) is 12.1 Å². The van der Waals surface area contributed by atoms with Gasteiger partial charge in [-0.15, -0.1) is 0 Å². The fraction of sp³-hybridized carbons (Fsp3) is 0.258. The first kappa shape index (κ1) is 33.5. The van der Waals surface area contributed by atoms with Gasteiger partial charge in [0.2, 0.25) is 6.29 Å². The molecule has 10 nitrogen and oxygen atoms in total. The summed E-state index contributed by atoms with van der Waals surface area (Å²) in [5.74, 6) is -1.55. The zero-order chi connectivity index (χ0) is 32.1. The molecule has 0 aliphatic heterocycles. The average Bonchev–Trinajstić information content (AvgIpc) is 2.97. The van der Waals surface area contributed by atoms with Crippen molar-refractivity contribution in [3.05, 3.63) is 89.5 Å². The Kier molecular flexibility index (Phi) is 12.2. The van der Waals surface area contributed by atoms with E-state index in [9.17, 15) is 27.6 Å². The summed E-state index contributed by atoms with van der Waals surface area (Å²) >= 11 is 0. The second-order valence-corrected chi connectivity index (χ2v) is 9.19. The molecule has 0 aliphatic rings. The summed E-state index contributed by atoms with van der Waals surface area (Å²) in [5, 5.41) is 0. The third kappa shape index (κ3) is 11.7.